The van der Waals surface area contributed by atoms with Gasteiger partial charge in [0.2, 0.25) is 0 Å². The Labute approximate surface area is 83.1 Å². The van der Waals surface area contributed by atoms with Gasteiger partial charge < -0.3 is 10.5 Å². The highest BCUT2D eigenvalue weighted by atomic mass is 16.5. The van der Waals surface area contributed by atoms with Gasteiger partial charge in [-0.05, 0) is 12.1 Å². The summed E-state index contributed by atoms with van der Waals surface area (Å²) < 4.78 is 4.85. The van der Waals surface area contributed by atoms with Crippen molar-refractivity contribution < 1.29 is 9.53 Å². The van der Waals surface area contributed by atoms with Crippen LogP contribution in [0.4, 0.5) is 0 Å². The molecule has 0 saturated carbocycles. The minimum Gasteiger partial charge on any atom is -0.383 e. The van der Waals surface area contributed by atoms with Crippen molar-refractivity contribution in [1.29, 1.82) is 0 Å². The number of carbonyl (C=O) groups excluding carboxylic acids is 1. The Balaban J connectivity index is 2.51. The summed E-state index contributed by atoms with van der Waals surface area (Å²) in [5.41, 5.74) is 6.31. The lowest BCUT2D eigenvalue weighted by atomic mass is 10.1. The van der Waals surface area contributed by atoms with Crippen molar-refractivity contribution in [2.75, 3.05) is 13.7 Å². The number of methoxy groups -OCH3 is 1. The van der Waals surface area contributed by atoms with Crippen LogP contribution >= 0.6 is 0 Å². The minimum atomic E-state index is -0.235. The second-order valence-electron chi connectivity index (χ2n) is 3.08. The maximum atomic E-state index is 11.6. The lowest BCUT2D eigenvalue weighted by Crippen LogP contribution is -2.28. The number of carbonyl (C=O) groups is 1. The number of Topliss-reactive ketones (excluding diaryl/α,β-unsaturated/α-hetero) is 1. The van der Waals surface area contributed by atoms with Crippen LogP contribution in [-0.4, -0.2) is 30.5 Å². The summed E-state index contributed by atoms with van der Waals surface area (Å²) in [7, 11) is 1.57. The van der Waals surface area contributed by atoms with Gasteiger partial charge in [0.25, 0.3) is 0 Å². The summed E-state index contributed by atoms with van der Waals surface area (Å²) in [5.74, 6) is 0.0250. The Bertz CT molecular complexity index is 287. The molecule has 0 aliphatic heterocycles. The lowest BCUT2D eigenvalue weighted by Gasteiger charge is -2.08. The van der Waals surface area contributed by atoms with E-state index in [9.17, 15) is 4.79 Å². The van der Waals surface area contributed by atoms with E-state index >= 15 is 0 Å². The molecule has 2 N–H and O–H groups in total. The van der Waals surface area contributed by atoms with Gasteiger partial charge >= 0.3 is 0 Å². The number of hydrogen-bond acceptors (Lipinski definition) is 4. The molecule has 0 radical (unpaired) electrons. The molecule has 4 nitrogen and oxygen atoms in total. The van der Waals surface area contributed by atoms with Crippen molar-refractivity contribution in [1.82, 2.24) is 4.98 Å². The number of nitrogens with two attached hydrogens (primary N) is 1. The molecular formula is C10H14N2O2. The molecule has 0 aromatic carbocycles. The zero-order valence-corrected chi connectivity index (χ0v) is 8.14. The zero-order chi connectivity index (χ0) is 10.4. The Kier molecular flexibility index (Phi) is 4.22. The van der Waals surface area contributed by atoms with E-state index in [1.54, 1.807) is 31.6 Å². The number of hydrogen-bond donors (Lipinski definition) is 1. The third-order valence-electron chi connectivity index (χ3n) is 1.83. The van der Waals surface area contributed by atoms with E-state index < -0.39 is 0 Å². The van der Waals surface area contributed by atoms with Gasteiger partial charge in [0.1, 0.15) is 0 Å². The zero-order valence-electron chi connectivity index (χ0n) is 8.14. The molecule has 0 fully saturated rings. The molecule has 4 heteroatoms. The van der Waals surface area contributed by atoms with Crippen LogP contribution in [0.15, 0.2) is 24.5 Å². The first-order valence-electron chi connectivity index (χ1n) is 4.41. The molecule has 0 bridgehead atoms. The molecule has 14 heavy (non-hydrogen) atoms. The topological polar surface area (TPSA) is 65.2 Å². The molecular weight excluding hydrogens is 180 g/mol. The van der Waals surface area contributed by atoms with Crippen LogP contribution in [0.5, 0.6) is 0 Å². The smallest absolute Gasteiger partial charge is 0.164 e. The highest BCUT2D eigenvalue weighted by Gasteiger charge is 2.10. The predicted octanol–water partition coefficient (Wildman–Crippen LogP) is 0.628. The number of rotatable bonds is 5. The number of ether oxygens (including phenoxy) is 1. The highest BCUT2D eigenvalue weighted by molar-refractivity contribution is 5.96. The van der Waals surface area contributed by atoms with Crippen LogP contribution in [0.1, 0.15) is 16.8 Å². The van der Waals surface area contributed by atoms with Crippen molar-refractivity contribution in [2.45, 2.75) is 12.5 Å². The molecule has 1 unspecified atom stereocenters. The monoisotopic (exact) mass is 194 g/mol. The summed E-state index contributed by atoms with van der Waals surface area (Å²) in [5, 5.41) is 0. The molecule has 0 spiro atoms. The van der Waals surface area contributed by atoms with Crippen LogP contribution < -0.4 is 5.73 Å². The Morgan fingerprint density at radius 2 is 2.21 bits per heavy atom. The summed E-state index contributed by atoms with van der Waals surface area (Å²) in [6.07, 6.45) is 3.49. The fraction of sp³-hybridized carbons (Fsp3) is 0.400. The summed E-state index contributed by atoms with van der Waals surface area (Å²) >= 11 is 0. The first-order valence-corrected chi connectivity index (χ1v) is 4.41. The van der Waals surface area contributed by atoms with Crippen molar-refractivity contribution in [2.24, 2.45) is 5.73 Å². The first-order chi connectivity index (χ1) is 6.74. The van der Waals surface area contributed by atoms with Crippen molar-refractivity contribution in [3.8, 4) is 0 Å². The largest absolute Gasteiger partial charge is 0.383 e. The molecule has 1 heterocycles. The van der Waals surface area contributed by atoms with Crippen molar-refractivity contribution in [3.05, 3.63) is 30.1 Å². The third-order valence-corrected chi connectivity index (χ3v) is 1.83. The van der Waals surface area contributed by atoms with Gasteiger partial charge in [0, 0.05) is 37.5 Å². The molecule has 0 saturated heterocycles. The van der Waals surface area contributed by atoms with Gasteiger partial charge in [-0.2, -0.15) is 0 Å². The number of pyridine rings is 1. The summed E-state index contributed by atoms with van der Waals surface area (Å²) in [6.45, 7) is 0.400. The second-order valence-corrected chi connectivity index (χ2v) is 3.08. The van der Waals surface area contributed by atoms with Gasteiger partial charge in [0.15, 0.2) is 5.78 Å². The van der Waals surface area contributed by atoms with E-state index in [4.69, 9.17) is 10.5 Å². The molecule has 1 aromatic rings. The Hall–Kier alpha value is -1.26. The Morgan fingerprint density at radius 1 is 1.57 bits per heavy atom. The number of aromatic nitrogens is 1. The van der Waals surface area contributed by atoms with Crippen LogP contribution in [0.25, 0.3) is 0 Å². The summed E-state index contributed by atoms with van der Waals surface area (Å²) in [4.78, 5) is 15.4. The van der Waals surface area contributed by atoms with Gasteiger partial charge in [0.05, 0.1) is 6.61 Å². The molecule has 0 aliphatic rings. The van der Waals surface area contributed by atoms with E-state index in [0.717, 1.165) is 0 Å². The van der Waals surface area contributed by atoms with Crippen LogP contribution in [0.3, 0.4) is 0 Å². The summed E-state index contributed by atoms with van der Waals surface area (Å²) in [6, 6.07) is 3.13. The third kappa shape index (κ3) is 3.24. The molecule has 1 aromatic heterocycles. The van der Waals surface area contributed by atoms with Gasteiger partial charge in [-0.25, -0.2) is 0 Å². The fourth-order valence-corrected chi connectivity index (χ4v) is 1.17. The normalized spacial score (nSPS) is 12.4. The van der Waals surface area contributed by atoms with Gasteiger partial charge in [-0.1, -0.05) is 0 Å². The standard InChI is InChI=1S/C10H14N2O2/c1-14-7-9(11)6-10(13)8-2-4-12-5-3-8/h2-5,9H,6-7,11H2,1H3. The fourth-order valence-electron chi connectivity index (χ4n) is 1.17. The molecule has 0 amide bonds. The van der Waals surface area contributed by atoms with E-state index in [1.165, 1.54) is 0 Å². The lowest BCUT2D eigenvalue weighted by molar-refractivity contribution is 0.0949. The Morgan fingerprint density at radius 3 is 2.79 bits per heavy atom. The quantitative estimate of drug-likeness (QED) is 0.698. The highest BCUT2D eigenvalue weighted by Crippen LogP contribution is 2.03. The van der Waals surface area contributed by atoms with E-state index in [2.05, 4.69) is 4.98 Å². The number of nitrogens with zero attached hydrogens (tertiary/aromatic N) is 1. The maximum absolute atomic E-state index is 11.6. The maximum Gasteiger partial charge on any atom is 0.164 e. The van der Waals surface area contributed by atoms with E-state index in [0.29, 0.717) is 18.6 Å². The van der Waals surface area contributed by atoms with E-state index in [-0.39, 0.29) is 11.8 Å². The molecule has 1 atom stereocenters. The van der Waals surface area contributed by atoms with Gasteiger partial charge in [-0.15, -0.1) is 0 Å². The van der Waals surface area contributed by atoms with Crippen LogP contribution in [0.2, 0.25) is 0 Å². The first kappa shape index (κ1) is 10.8. The van der Waals surface area contributed by atoms with Gasteiger partial charge in [-0.3, -0.25) is 9.78 Å². The number of ketones is 1. The molecule has 1 rings (SSSR count). The SMILES string of the molecule is COCC(N)CC(=O)c1ccncc1. The minimum absolute atomic E-state index is 0.0250. The second kappa shape index (κ2) is 5.47. The van der Waals surface area contributed by atoms with Crippen LogP contribution in [-0.2, 0) is 4.74 Å². The average Bonchev–Trinajstić information content (AvgIpc) is 2.19. The van der Waals surface area contributed by atoms with Crippen molar-refractivity contribution in [3.63, 3.8) is 0 Å². The predicted molar refractivity (Wildman–Crippen MR) is 53.0 cm³/mol. The van der Waals surface area contributed by atoms with Crippen molar-refractivity contribution >= 4 is 5.78 Å². The van der Waals surface area contributed by atoms with Crippen LogP contribution in [0, 0.1) is 0 Å². The van der Waals surface area contributed by atoms with E-state index in [1.807, 2.05) is 0 Å². The molecule has 76 valence electrons. The average molecular weight is 194 g/mol. The molecule has 0 aliphatic carbocycles.